The lowest BCUT2D eigenvalue weighted by Crippen LogP contribution is -2.40. The molecular weight excluding hydrogens is 298 g/mol. The summed E-state index contributed by atoms with van der Waals surface area (Å²) in [6.45, 7) is 5.71. The van der Waals surface area contributed by atoms with E-state index in [4.69, 9.17) is 4.74 Å². The predicted molar refractivity (Wildman–Crippen MR) is 94.0 cm³/mol. The molecule has 0 spiro atoms. The molecule has 0 atom stereocenters. The van der Waals surface area contributed by atoms with Crippen LogP contribution in [0.25, 0.3) is 10.2 Å². The molecule has 0 saturated heterocycles. The Morgan fingerprint density at radius 3 is 2.82 bits per heavy atom. The second-order valence-electron chi connectivity index (χ2n) is 4.54. The number of rotatable bonds is 8. The fourth-order valence-electron chi connectivity index (χ4n) is 1.90. The summed E-state index contributed by atoms with van der Waals surface area (Å²) in [6, 6.07) is 8.15. The molecule has 22 heavy (non-hydrogen) atoms. The van der Waals surface area contributed by atoms with Crippen molar-refractivity contribution < 1.29 is 4.74 Å². The molecule has 6 nitrogen and oxygen atoms in total. The summed E-state index contributed by atoms with van der Waals surface area (Å²) in [4.78, 5) is 8.70. The van der Waals surface area contributed by atoms with Crippen LogP contribution in [0.2, 0.25) is 0 Å². The van der Waals surface area contributed by atoms with Crippen LogP contribution in [0.3, 0.4) is 0 Å². The Bertz CT molecular complexity index is 565. The van der Waals surface area contributed by atoms with E-state index in [9.17, 15) is 0 Å². The Hall–Kier alpha value is -1.86. The predicted octanol–water partition coefficient (Wildman–Crippen LogP) is 1.91. The van der Waals surface area contributed by atoms with Gasteiger partial charge in [0.1, 0.15) is 0 Å². The molecule has 2 rings (SSSR count). The van der Waals surface area contributed by atoms with Crippen LogP contribution in [0, 0.1) is 0 Å². The van der Waals surface area contributed by atoms with E-state index in [1.54, 1.807) is 18.4 Å². The van der Waals surface area contributed by atoms with E-state index < -0.39 is 0 Å². The van der Waals surface area contributed by atoms with Gasteiger partial charge in [0.05, 0.1) is 16.8 Å². The topological polar surface area (TPSA) is 70.6 Å². The summed E-state index contributed by atoms with van der Waals surface area (Å²) in [5, 5.41) is 10.7. The summed E-state index contributed by atoms with van der Waals surface area (Å²) < 4.78 is 6.48. The number of benzene rings is 1. The van der Waals surface area contributed by atoms with Gasteiger partial charge in [-0.1, -0.05) is 23.5 Å². The molecule has 0 fully saturated rings. The van der Waals surface area contributed by atoms with E-state index in [-0.39, 0.29) is 0 Å². The number of thiazole rings is 1. The highest BCUT2D eigenvalue weighted by Crippen LogP contribution is 2.24. The van der Waals surface area contributed by atoms with Gasteiger partial charge in [0.2, 0.25) is 0 Å². The number of anilines is 1. The minimum Gasteiger partial charge on any atom is -0.380 e. The molecule has 1 heterocycles. The zero-order chi connectivity index (χ0) is 15.6. The molecule has 0 aliphatic carbocycles. The van der Waals surface area contributed by atoms with Crippen LogP contribution in [0.5, 0.6) is 0 Å². The van der Waals surface area contributed by atoms with Crippen molar-refractivity contribution in [3.63, 3.8) is 0 Å². The lowest BCUT2D eigenvalue weighted by Gasteiger charge is -2.11. The molecule has 1 aromatic heterocycles. The lowest BCUT2D eigenvalue weighted by atomic mass is 10.3. The average molecular weight is 321 g/mol. The molecule has 120 valence electrons. The first-order valence-electron chi connectivity index (χ1n) is 7.45. The number of guanidine groups is 1. The van der Waals surface area contributed by atoms with E-state index in [2.05, 4.69) is 32.0 Å². The molecular formula is C15H23N5OS. The maximum absolute atomic E-state index is 5.28. The number of nitrogens with zero attached hydrogens (tertiary/aromatic N) is 2. The Balaban J connectivity index is 1.67. The second kappa shape index (κ2) is 9.22. The van der Waals surface area contributed by atoms with Crippen molar-refractivity contribution in [3.8, 4) is 0 Å². The average Bonchev–Trinajstić information content (AvgIpc) is 2.96. The molecule has 3 N–H and O–H groups in total. The van der Waals surface area contributed by atoms with E-state index in [1.165, 1.54) is 4.70 Å². The normalized spacial score (nSPS) is 11.6. The third-order valence-corrected chi connectivity index (χ3v) is 3.95. The minimum absolute atomic E-state index is 0.682. The van der Waals surface area contributed by atoms with Crippen LogP contribution in [-0.2, 0) is 4.74 Å². The quantitative estimate of drug-likeness (QED) is 0.394. The van der Waals surface area contributed by atoms with Crippen molar-refractivity contribution in [1.82, 2.24) is 15.6 Å². The summed E-state index contributed by atoms with van der Waals surface area (Å²) in [7, 11) is 1.76. The summed E-state index contributed by atoms with van der Waals surface area (Å²) in [5.41, 5.74) is 1.04. The molecule has 0 saturated carbocycles. The largest absolute Gasteiger partial charge is 0.380 e. The first-order chi connectivity index (χ1) is 10.8. The van der Waals surface area contributed by atoms with Gasteiger partial charge in [-0.05, 0) is 19.1 Å². The standard InChI is InChI=1S/C15H23N5OS/c1-3-21-11-10-18-14(16-2)17-8-9-19-15-20-12-6-4-5-7-13(12)22-15/h4-7H,3,8-11H2,1-2H3,(H,19,20)(H2,16,17,18). The fourth-order valence-corrected chi connectivity index (χ4v) is 2.80. The SMILES string of the molecule is CCOCCNC(=NC)NCCNc1nc2ccccc2s1. The number of aliphatic imine (C=N–C) groups is 1. The first-order valence-corrected chi connectivity index (χ1v) is 8.27. The van der Waals surface area contributed by atoms with Gasteiger partial charge in [-0.3, -0.25) is 4.99 Å². The Morgan fingerprint density at radius 2 is 2.05 bits per heavy atom. The van der Waals surface area contributed by atoms with E-state index in [0.29, 0.717) is 6.61 Å². The molecule has 2 aromatic rings. The molecule has 0 aliphatic rings. The number of hydrogen-bond donors (Lipinski definition) is 3. The number of para-hydroxylation sites is 1. The van der Waals surface area contributed by atoms with Crippen LogP contribution in [0.15, 0.2) is 29.3 Å². The van der Waals surface area contributed by atoms with Crippen molar-refractivity contribution in [2.75, 3.05) is 45.2 Å². The summed E-state index contributed by atoms with van der Waals surface area (Å²) in [6.07, 6.45) is 0. The third kappa shape index (κ3) is 5.16. The van der Waals surface area contributed by atoms with Crippen molar-refractivity contribution in [3.05, 3.63) is 24.3 Å². The van der Waals surface area contributed by atoms with Crippen molar-refractivity contribution in [2.45, 2.75) is 6.92 Å². The molecule has 0 aliphatic heterocycles. The summed E-state index contributed by atoms with van der Waals surface area (Å²) >= 11 is 1.67. The Kier molecular flexibility index (Phi) is 6.92. The Labute approximate surface area is 135 Å². The van der Waals surface area contributed by atoms with Gasteiger partial charge >= 0.3 is 0 Å². The van der Waals surface area contributed by atoms with Gasteiger partial charge in [0, 0.05) is 33.3 Å². The highest BCUT2D eigenvalue weighted by atomic mass is 32.1. The van der Waals surface area contributed by atoms with Crippen molar-refractivity contribution in [1.29, 1.82) is 0 Å². The van der Waals surface area contributed by atoms with Crippen LogP contribution in [0.1, 0.15) is 6.92 Å². The number of aromatic nitrogens is 1. The van der Waals surface area contributed by atoms with E-state index >= 15 is 0 Å². The number of fused-ring (bicyclic) bond motifs is 1. The van der Waals surface area contributed by atoms with Gasteiger partial charge in [-0.2, -0.15) is 0 Å². The monoisotopic (exact) mass is 321 g/mol. The molecule has 0 unspecified atom stereocenters. The maximum Gasteiger partial charge on any atom is 0.191 e. The van der Waals surface area contributed by atoms with E-state index in [1.807, 2.05) is 25.1 Å². The van der Waals surface area contributed by atoms with E-state index in [0.717, 1.165) is 42.8 Å². The van der Waals surface area contributed by atoms with Gasteiger partial charge in [0.25, 0.3) is 0 Å². The molecule has 0 amide bonds. The van der Waals surface area contributed by atoms with Gasteiger partial charge in [0.15, 0.2) is 11.1 Å². The van der Waals surface area contributed by atoms with Crippen LogP contribution >= 0.6 is 11.3 Å². The maximum atomic E-state index is 5.28. The number of ether oxygens (including phenoxy) is 1. The Morgan fingerprint density at radius 1 is 1.23 bits per heavy atom. The zero-order valence-corrected chi connectivity index (χ0v) is 13.9. The molecule has 7 heteroatoms. The van der Waals surface area contributed by atoms with Gasteiger partial charge < -0.3 is 20.7 Å². The smallest absolute Gasteiger partial charge is 0.191 e. The minimum atomic E-state index is 0.682. The zero-order valence-electron chi connectivity index (χ0n) is 13.1. The van der Waals surface area contributed by atoms with Gasteiger partial charge in [-0.15, -0.1) is 0 Å². The first kappa shape index (κ1) is 16.5. The molecule has 1 aromatic carbocycles. The number of nitrogens with one attached hydrogen (secondary N) is 3. The lowest BCUT2D eigenvalue weighted by molar-refractivity contribution is 0.152. The van der Waals surface area contributed by atoms with Crippen LogP contribution in [0.4, 0.5) is 5.13 Å². The third-order valence-electron chi connectivity index (χ3n) is 2.95. The fraction of sp³-hybridized carbons (Fsp3) is 0.467. The van der Waals surface area contributed by atoms with Crippen molar-refractivity contribution in [2.24, 2.45) is 4.99 Å². The highest BCUT2D eigenvalue weighted by molar-refractivity contribution is 7.22. The summed E-state index contributed by atoms with van der Waals surface area (Å²) in [5.74, 6) is 0.783. The molecule has 0 radical (unpaired) electrons. The highest BCUT2D eigenvalue weighted by Gasteiger charge is 2.02. The molecule has 0 bridgehead atoms. The van der Waals surface area contributed by atoms with Crippen molar-refractivity contribution >= 4 is 32.6 Å². The number of hydrogen-bond acceptors (Lipinski definition) is 5. The van der Waals surface area contributed by atoms with Gasteiger partial charge in [-0.25, -0.2) is 4.98 Å². The van der Waals surface area contributed by atoms with Crippen LogP contribution < -0.4 is 16.0 Å². The van der Waals surface area contributed by atoms with Crippen LogP contribution in [-0.4, -0.2) is 50.8 Å². The second-order valence-corrected chi connectivity index (χ2v) is 5.57.